The van der Waals surface area contributed by atoms with Crippen LogP contribution in [-0.2, 0) is 0 Å². The number of pyridine rings is 1. The first-order chi connectivity index (χ1) is 12.8. The number of aromatic nitrogens is 3. The summed E-state index contributed by atoms with van der Waals surface area (Å²) in [6.45, 7) is 2.20. The van der Waals surface area contributed by atoms with Crippen LogP contribution in [0, 0.1) is 11.3 Å². The van der Waals surface area contributed by atoms with Crippen LogP contribution in [0.3, 0.4) is 0 Å². The van der Waals surface area contributed by atoms with Gasteiger partial charge < -0.3 is 15.5 Å². The van der Waals surface area contributed by atoms with E-state index in [0.717, 1.165) is 31.6 Å². The Morgan fingerprint density at radius 2 is 1.85 bits per heavy atom. The topological polar surface area (TPSA) is 89.8 Å². The van der Waals surface area contributed by atoms with Crippen LogP contribution in [0.5, 0.6) is 0 Å². The van der Waals surface area contributed by atoms with Crippen molar-refractivity contribution in [2.75, 3.05) is 28.6 Å². The number of hydrogen-bond acceptors (Lipinski definition) is 7. The second-order valence-electron chi connectivity index (χ2n) is 6.91. The molecule has 134 valence electrons. The smallest absolute Gasteiger partial charge is 0.230 e. The highest BCUT2D eigenvalue weighted by atomic mass is 15.2. The molecule has 2 aliphatic rings. The van der Waals surface area contributed by atoms with Gasteiger partial charge >= 0.3 is 0 Å². The van der Waals surface area contributed by atoms with Crippen LogP contribution in [0.1, 0.15) is 44.1 Å². The predicted molar refractivity (Wildman–Crippen MR) is 102 cm³/mol. The zero-order valence-corrected chi connectivity index (χ0v) is 14.8. The fraction of sp³-hybridized carbons (Fsp3) is 0.474. The Morgan fingerprint density at radius 3 is 2.54 bits per heavy atom. The molecular weight excluding hydrogens is 326 g/mol. The molecule has 2 N–H and O–H groups in total. The summed E-state index contributed by atoms with van der Waals surface area (Å²) in [6.07, 6.45) is 10.6. The van der Waals surface area contributed by atoms with E-state index < -0.39 is 0 Å². The van der Waals surface area contributed by atoms with Gasteiger partial charge in [0, 0.05) is 19.1 Å². The monoisotopic (exact) mass is 349 g/mol. The molecule has 0 amide bonds. The second-order valence-corrected chi connectivity index (χ2v) is 6.91. The molecule has 1 saturated heterocycles. The number of nitrogens with zero attached hydrogens (tertiary/aromatic N) is 5. The van der Waals surface area contributed by atoms with Gasteiger partial charge in [-0.2, -0.15) is 10.2 Å². The zero-order chi connectivity index (χ0) is 17.8. The largest absolute Gasteiger partial charge is 0.370 e. The average molecular weight is 349 g/mol. The number of hydrogen-bond donors (Lipinski definition) is 2. The molecule has 0 bridgehead atoms. The van der Waals surface area contributed by atoms with Crippen molar-refractivity contribution in [3.05, 3.63) is 30.1 Å². The highest BCUT2D eigenvalue weighted by Crippen LogP contribution is 2.25. The summed E-state index contributed by atoms with van der Waals surface area (Å²) in [4.78, 5) is 15.6. The molecule has 1 aliphatic heterocycles. The molecule has 1 aliphatic carbocycles. The van der Waals surface area contributed by atoms with Crippen molar-refractivity contribution in [3.63, 3.8) is 0 Å². The van der Waals surface area contributed by atoms with Crippen molar-refractivity contribution >= 4 is 23.3 Å². The fourth-order valence-corrected chi connectivity index (χ4v) is 3.63. The van der Waals surface area contributed by atoms with Crippen molar-refractivity contribution in [1.82, 2.24) is 15.0 Å². The summed E-state index contributed by atoms with van der Waals surface area (Å²) < 4.78 is 0. The van der Waals surface area contributed by atoms with E-state index in [1.807, 2.05) is 12.3 Å². The quantitative estimate of drug-likeness (QED) is 0.854. The van der Waals surface area contributed by atoms with Crippen LogP contribution in [0.15, 0.2) is 24.5 Å². The Kier molecular flexibility index (Phi) is 4.82. The maximum atomic E-state index is 9.30. The van der Waals surface area contributed by atoms with Gasteiger partial charge in [-0.25, -0.2) is 9.97 Å². The van der Waals surface area contributed by atoms with Crippen LogP contribution >= 0.6 is 0 Å². The maximum absolute atomic E-state index is 9.30. The summed E-state index contributed by atoms with van der Waals surface area (Å²) in [5.41, 5.74) is 1.62. The van der Waals surface area contributed by atoms with E-state index in [2.05, 4.69) is 42.6 Å². The third-order valence-electron chi connectivity index (χ3n) is 5.06. The van der Waals surface area contributed by atoms with Crippen molar-refractivity contribution in [1.29, 1.82) is 5.26 Å². The van der Waals surface area contributed by atoms with Crippen LogP contribution in [-0.4, -0.2) is 34.1 Å². The Labute approximate surface area is 153 Å². The van der Waals surface area contributed by atoms with E-state index in [1.54, 1.807) is 6.20 Å². The SMILES string of the molecule is N#Cc1cnc(Nc2ccc(N3CCCC3)cn2)nc1NC1CCCC1. The molecular formula is C19H23N7. The van der Waals surface area contributed by atoms with Gasteiger partial charge in [-0.05, 0) is 37.8 Å². The Hall–Kier alpha value is -2.88. The minimum Gasteiger partial charge on any atom is -0.370 e. The summed E-state index contributed by atoms with van der Waals surface area (Å²) >= 11 is 0. The number of anilines is 4. The van der Waals surface area contributed by atoms with Crippen LogP contribution in [0.2, 0.25) is 0 Å². The molecule has 26 heavy (non-hydrogen) atoms. The van der Waals surface area contributed by atoms with Crippen molar-refractivity contribution in [3.8, 4) is 6.07 Å². The van der Waals surface area contributed by atoms with Gasteiger partial charge in [-0.3, -0.25) is 0 Å². The van der Waals surface area contributed by atoms with Gasteiger partial charge in [0.25, 0.3) is 0 Å². The third-order valence-corrected chi connectivity index (χ3v) is 5.06. The van der Waals surface area contributed by atoms with Gasteiger partial charge in [-0.15, -0.1) is 0 Å². The molecule has 0 radical (unpaired) electrons. The van der Waals surface area contributed by atoms with Gasteiger partial charge in [0.15, 0.2) is 0 Å². The lowest BCUT2D eigenvalue weighted by atomic mass is 10.2. The van der Waals surface area contributed by atoms with Gasteiger partial charge in [0.2, 0.25) is 5.95 Å². The van der Waals surface area contributed by atoms with Crippen molar-refractivity contribution in [2.45, 2.75) is 44.6 Å². The minimum absolute atomic E-state index is 0.391. The number of nitrogens with one attached hydrogen (secondary N) is 2. The highest BCUT2D eigenvalue weighted by Gasteiger charge is 2.18. The molecule has 2 aromatic rings. The molecule has 0 spiro atoms. The first-order valence-corrected chi connectivity index (χ1v) is 9.33. The molecule has 0 unspecified atom stereocenters. The Morgan fingerprint density at radius 1 is 1.04 bits per heavy atom. The van der Waals surface area contributed by atoms with E-state index >= 15 is 0 Å². The van der Waals surface area contributed by atoms with E-state index in [-0.39, 0.29) is 0 Å². The second kappa shape index (κ2) is 7.56. The van der Waals surface area contributed by atoms with E-state index in [1.165, 1.54) is 25.7 Å². The molecule has 3 heterocycles. The van der Waals surface area contributed by atoms with E-state index in [4.69, 9.17) is 0 Å². The Balaban J connectivity index is 1.47. The lowest BCUT2D eigenvalue weighted by Crippen LogP contribution is -2.18. The fourth-order valence-electron chi connectivity index (χ4n) is 3.63. The lowest BCUT2D eigenvalue weighted by Gasteiger charge is -2.17. The molecule has 2 fully saturated rings. The molecule has 0 aromatic carbocycles. The van der Waals surface area contributed by atoms with Gasteiger partial charge in [0.05, 0.1) is 18.1 Å². The number of rotatable bonds is 5. The zero-order valence-electron chi connectivity index (χ0n) is 14.8. The van der Waals surface area contributed by atoms with Gasteiger partial charge in [0.1, 0.15) is 23.3 Å². The number of nitriles is 1. The minimum atomic E-state index is 0.391. The van der Waals surface area contributed by atoms with Gasteiger partial charge in [-0.1, -0.05) is 12.8 Å². The van der Waals surface area contributed by atoms with E-state index in [9.17, 15) is 5.26 Å². The van der Waals surface area contributed by atoms with Crippen LogP contribution < -0.4 is 15.5 Å². The lowest BCUT2D eigenvalue weighted by molar-refractivity contribution is 0.749. The molecule has 0 atom stereocenters. The summed E-state index contributed by atoms with van der Waals surface area (Å²) in [6, 6.07) is 6.57. The highest BCUT2D eigenvalue weighted by molar-refractivity contribution is 5.58. The average Bonchev–Trinajstić information content (AvgIpc) is 3.37. The van der Waals surface area contributed by atoms with Crippen LogP contribution in [0.25, 0.3) is 0 Å². The summed E-state index contributed by atoms with van der Waals surface area (Å²) in [7, 11) is 0. The maximum Gasteiger partial charge on any atom is 0.230 e. The third kappa shape index (κ3) is 3.69. The molecule has 4 rings (SSSR count). The van der Waals surface area contributed by atoms with Crippen LogP contribution in [0.4, 0.5) is 23.3 Å². The van der Waals surface area contributed by atoms with Crippen molar-refractivity contribution < 1.29 is 0 Å². The summed E-state index contributed by atoms with van der Waals surface area (Å²) in [5, 5.41) is 15.8. The van der Waals surface area contributed by atoms with E-state index in [0.29, 0.717) is 29.2 Å². The first-order valence-electron chi connectivity index (χ1n) is 9.33. The standard InChI is InChI=1S/C19H23N7/c20-11-14-12-22-19(25-18(14)23-15-5-1-2-6-15)24-17-8-7-16(13-21-17)26-9-3-4-10-26/h7-8,12-13,15H,1-6,9-10H2,(H2,21,22,23,24,25). The Bertz CT molecular complexity index is 785. The first kappa shape index (κ1) is 16.6. The normalized spacial score (nSPS) is 17.3. The molecule has 1 saturated carbocycles. The summed E-state index contributed by atoms with van der Waals surface area (Å²) in [5.74, 6) is 1.75. The molecule has 7 nitrogen and oxygen atoms in total. The molecule has 2 aromatic heterocycles. The predicted octanol–water partition coefficient (Wildman–Crippen LogP) is 3.44. The molecule has 7 heteroatoms. The van der Waals surface area contributed by atoms with Crippen molar-refractivity contribution in [2.24, 2.45) is 0 Å².